The van der Waals surface area contributed by atoms with Gasteiger partial charge in [0, 0.05) is 5.69 Å². The van der Waals surface area contributed by atoms with Crippen molar-refractivity contribution in [3.8, 4) is 5.75 Å². The fourth-order valence-corrected chi connectivity index (χ4v) is 2.77. The van der Waals surface area contributed by atoms with Crippen molar-refractivity contribution in [2.75, 3.05) is 5.32 Å². The maximum atomic E-state index is 12.4. The van der Waals surface area contributed by atoms with Crippen LogP contribution in [0.1, 0.15) is 35.3 Å². The molecule has 0 bridgehead atoms. The van der Waals surface area contributed by atoms with Crippen LogP contribution in [0.15, 0.2) is 78.9 Å². The number of carbonyl (C=O) groups excluding carboxylic acids is 2. The molecule has 0 fully saturated rings. The first-order valence-electron chi connectivity index (χ1n) is 9.92. The lowest BCUT2D eigenvalue weighted by molar-refractivity contribution is -0.123. The molecule has 0 aliphatic heterocycles. The van der Waals surface area contributed by atoms with Crippen molar-refractivity contribution in [1.82, 2.24) is 0 Å². The Hall–Kier alpha value is -3.60. The van der Waals surface area contributed by atoms with E-state index in [0.29, 0.717) is 17.9 Å². The van der Waals surface area contributed by atoms with Crippen LogP contribution in [-0.4, -0.2) is 18.0 Å². The number of ether oxygens (including phenoxy) is 2. The third-order valence-electron chi connectivity index (χ3n) is 4.62. The zero-order chi connectivity index (χ0) is 21.3. The summed E-state index contributed by atoms with van der Waals surface area (Å²) in [6.07, 6.45) is 0.0174. The monoisotopic (exact) mass is 403 g/mol. The van der Waals surface area contributed by atoms with Gasteiger partial charge in [-0.25, -0.2) is 4.79 Å². The number of para-hydroxylation sites is 1. The lowest BCUT2D eigenvalue weighted by Gasteiger charge is -2.14. The van der Waals surface area contributed by atoms with E-state index in [9.17, 15) is 9.59 Å². The summed E-state index contributed by atoms with van der Waals surface area (Å²) in [5, 5.41) is 2.76. The molecule has 3 aromatic carbocycles. The van der Waals surface area contributed by atoms with Crippen molar-refractivity contribution in [3.63, 3.8) is 0 Å². The zero-order valence-corrected chi connectivity index (χ0v) is 17.1. The Kier molecular flexibility index (Phi) is 7.22. The van der Waals surface area contributed by atoms with Gasteiger partial charge in [-0.1, -0.05) is 49.4 Å². The molecule has 1 atom stereocenters. The van der Waals surface area contributed by atoms with Crippen LogP contribution in [-0.2, 0) is 22.6 Å². The van der Waals surface area contributed by atoms with Gasteiger partial charge in [-0.05, 0) is 60.9 Å². The number of esters is 1. The number of carbonyl (C=O) groups is 2. The van der Waals surface area contributed by atoms with Gasteiger partial charge in [0.25, 0.3) is 5.91 Å². The van der Waals surface area contributed by atoms with Gasteiger partial charge in [0.2, 0.25) is 0 Å². The van der Waals surface area contributed by atoms with E-state index in [2.05, 4.69) is 12.2 Å². The number of nitrogens with one attached hydrogen (secondary N) is 1. The third-order valence-corrected chi connectivity index (χ3v) is 4.62. The van der Waals surface area contributed by atoms with Gasteiger partial charge in [-0.2, -0.15) is 0 Å². The van der Waals surface area contributed by atoms with Crippen LogP contribution in [0.5, 0.6) is 5.75 Å². The number of rotatable bonds is 8. The maximum Gasteiger partial charge on any atom is 0.338 e. The highest BCUT2D eigenvalue weighted by atomic mass is 16.5. The Balaban J connectivity index is 1.50. The Morgan fingerprint density at radius 3 is 2.13 bits per heavy atom. The standard InChI is InChI=1S/C25H25NO4/c1-3-19-11-15-22(16-12-19)26-24(27)18(2)30-25(28)21-13-9-20(10-14-21)17-29-23-7-5-4-6-8-23/h4-16,18H,3,17H2,1-2H3,(H,26,27)/t18-/m1/s1. The molecule has 1 N–H and O–H groups in total. The highest BCUT2D eigenvalue weighted by Gasteiger charge is 2.19. The summed E-state index contributed by atoms with van der Waals surface area (Å²) in [5.41, 5.74) is 3.16. The van der Waals surface area contributed by atoms with Crippen LogP contribution in [0.25, 0.3) is 0 Å². The molecule has 1 amide bonds. The molecule has 0 heterocycles. The maximum absolute atomic E-state index is 12.4. The highest BCUT2D eigenvalue weighted by Crippen LogP contribution is 2.14. The minimum atomic E-state index is -0.913. The van der Waals surface area contributed by atoms with Gasteiger partial charge in [-0.3, -0.25) is 4.79 Å². The molecule has 0 saturated carbocycles. The second kappa shape index (κ2) is 10.3. The molecule has 0 spiro atoms. The molecule has 154 valence electrons. The van der Waals surface area contributed by atoms with E-state index >= 15 is 0 Å². The Labute approximate surface area is 176 Å². The van der Waals surface area contributed by atoms with Crippen LogP contribution in [0.2, 0.25) is 0 Å². The summed E-state index contributed by atoms with van der Waals surface area (Å²) in [4.78, 5) is 24.7. The first kappa shape index (κ1) is 21.1. The topological polar surface area (TPSA) is 64.6 Å². The van der Waals surface area contributed by atoms with Crippen LogP contribution in [0.4, 0.5) is 5.69 Å². The first-order valence-corrected chi connectivity index (χ1v) is 9.92. The van der Waals surface area contributed by atoms with Gasteiger partial charge < -0.3 is 14.8 Å². The van der Waals surface area contributed by atoms with Crippen molar-refractivity contribution in [3.05, 3.63) is 95.6 Å². The van der Waals surface area contributed by atoms with Crippen LogP contribution >= 0.6 is 0 Å². The van der Waals surface area contributed by atoms with Crippen molar-refractivity contribution in [2.45, 2.75) is 33.0 Å². The van der Waals surface area contributed by atoms with Crippen molar-refractivity contribution in [1.29, 1.82) is 0 Å². The average Bonchev–Trinajstić information content (AvgIpc) is 2.79. The molecule has 0 radical (unpaired) electrons. The molecule has 5 heteroatoms. The van der Waals surface area contributed by atoms with Crippen molar-refractivity contribution < 1.29 is 19.1 Å². The number of hydrogen-bond acceptors (Lipinski definition) is 4. The molecule has 30 heavy (non-hydrogen) atoms. The van der Waals surface area contributed by atoms with Crippen LogP contribution in [0, 0.1) is 0 Å². The number of hydrogen-bond donors (Lipinski definition) is 1. The van der Waals surface area contributed by atoms with E-state index in [1.54, 1.807) is 31.2 Å². The minimum absolute atomic E-state index is 0.375. The summed E-state index contributed by atoms with van der Waals surface area (Å²) < 4.78 is 11.0. The van der Waals surface area contributed by atoms with E-state index in [1.165, 1.54) is 5.56 Å². The normalized spacial score (nSPS) is 11.4. The van der Waals surface area contributed by atoms with E-state index in [1.807, 2.05) is 54.6 Å². The third kappa shape index (κ3) is 5.95. The first-order chi connectivity index (χ1) is 14.5. The van der Waals surface area contributed by atoms with E-state index < -0.39 is 12.1 Å². The fraction of sp³-hybridized carbons (Fsp3) is 0.200. The van der Waals surface area contributed by atoms with Gasteiger partial charge in [-0.15, -0.1) is 0 Å². The molecule has 3 aromatic rings. The predicted octanol–water partition coefficient (Wildman–Crippen LogP) is 5.01. The van der Waals surface area contributed by atoms with Crippen molar-refractivity contribution in [2.24, 2.45) is 0 Å². The van der Waals surface area contributed by atoms with E-state index in [0.717, 1.165) is 17.7 Å². The number of anilines is 1. The quantitative estimate of drug-likeness (QED) is 0.537. The molecule has 5 nitrogen and oxygen atoms in total. The van der Waals surface area contributed by atoms with Gasteiger partial charge in [0.05, 0.1) is 5.56 Å². The number of amides is 1. The molecule has 0 aliphatic carbocycles. The lowest BCUT2D eigenvalue weighted by Crippen LogP contribution is -2.30. The molecule has 0 saturated heterocycles. The molecule has 0 unspecified atom stereocenters. The van der Waals surface area contributed by atoms with E-state index in [4.69, 9.17) is 9.47 Å². The number of aryl methyl sites for hydroxylation is 1. The summed E-state index contributed by atoms with van der Waals surface area (Å²) in [7, 11) is 0. The largest absolute Gasteiger partial charge is 0.489 e. The summed E-state index contributed by atoms with van der Waals surface area (Å²) >= 11 is 0. The smallest absolute Gasteiger partial charge is 0.338 e. The predicted molar refractivity (Wildman–Crippen MR) is 117 cm³/mol. The molecule has 0 aromatic heterocycles. The fourth-order valence-electron chi connectivity index (χ4n) is 2.77. The Bertz CT molecular complexity index is 966. The summed E-state index contributed by atoms with van der Waals surface area (Å²) in [6.45, 7) is 4.02. The molecular weight excluding hydrogens is 378 g/mol. The second-order valence-corrected chi connectivity index (χ2v) is 6.89. The molecule has 3 rings (SSSR count). The molecular formula is C25H25NO4. The Morgan fingerprint density at radius 1 is 0.867 bits per heavy atom. The SMILES string of the molecule is CCc1ccc(NC(=O)[C@@H](C)OC(=O)c2ccc(COc3ccccc3)cc2)cc1. The number of benzene rings is 3. The van der Waals surface area contributed by atoms with Crippen LogP contribution in [0.3, 0.4) is 0 Å². The van der Waals surface area contributed by atoms with Gasteiger partial charge >= 0.3 is 5.97 Å². The highest BCUT2D eigenvalue weighted by molar-refractivity contribution is 5.97. The summed E-state index contributed by atoms with van der Waals surface area (Å²) in [5.74, 6) is -0.139. The summed E-state index contributed by atoms with van der Waals surface area (Å²) in [6, 6.07) is 24.0. The minimum Gasteiger partial charge on any atom is -0.489 e. The molecule has 0 aliphatic rings. The van der Waals surface area contributed by atoms with Gasteiger partial charge in [0.1, 0.15) is 12.4 Å². The lowest BCUT2D eigenvalue weighted by atomic mass is 10.1. The average molecular weight is 403 g/mol. The Morgan fingerprint density at radius 2 is 1.50 bits per heavy atom. The van der Waals surface area contributed by atoms with Gasteiger partial charge in [0.15, 0.2) is 6.10 Å². The van der Waals surface area contributed by atoms with Crippen molar-refractivity contribution >= 4 is 17.6 Å². The zero-order valence-electron chi connectivity index (χ0n) is 17.1. The second-order valence-electron chi connectivity index (χ2n) is 6.89. The van der Waals surface area contributed by atoms with E-state index in [-0.39, 0.29) is 5.91 Å². The van der Waals surface area contributed by atoms with Crippen LogP contribution < -0.4 is 10.1 Å².